The van der Waals surface area contributed by atoms with Crippen LogP contribution in [-0.4, -0.2) is 26.9 Å². The van der Waals surface area contributed by atoms with E-state index in [9.17, 15) is 0 Å². The van der Waals surface area contributed by atoms with Crippen molar-refractivity contribution < 1.29 is 0 Å². The summed E-state index contributed by atoms with van der Waals surface area (Å²) in [5.74, 6) is 0. The first-order valence-corrected chi connectivity index (χ1v) is 8.87. The quantitative estimate of drug-likeness (QED) is 0.727. The van der Waals surface area contributed by atoms with Gasteiger partial charge in [0.15, 0.2) is 0 Å². The second-order valence-electron chi connectivity index (χ2n) is 6.74. The summed E-state index contributed by atoms with van der Waals surface area (Å²) in [6, 6.07) is 8.74. The van der Waals surface area contributed by atoms with Crippen LogP contribution in [0, 0.1) is 0 Å². The summed E-state index contributed by atoms with van der Waals surface area (Å²) in [6.45, 7) is 0. The number of nitrogens with zero attached hydrogens (tertiary/aromatic N) is 2. The highest BCUT2D eigenvalue weighted by Crippen LogP contribution is 2.27. The Morgan fingerprint density at radius 1 is 0.920 bits per heavy atom. The number of allylic oxidation sites excluding steroid dienone is 9. The normalized spacial score (nSPS) is 18.4. The maximum absolute atomic E-state index is 4.19. The summed E-state index contributed by atoms with van der Waals surface area (Å²) >= 11 is 0. The van der Waals surface area contributed by atoms with Crippen molar-refractivity contribution >= 4 is 17.5 Å². The Morgan fingerprint density at radius 2 is 1.64 bits per heavy atom. The van der Waals surface area contributed by atoms with Crippen LogP contribution >= 0.6 is 0 Å². The van der Waals surface area contributed by atoms with Gasteiger partial charge in [0.05, 0.1) is 5.71 Å². The molecule has 2 aliphatic carbocycles. The van der Waals surface area contributed by atoms with Gasteiger partial charge in [0.1, 0.15) is 0 Å². The van der Waals surface area contributed by atoms with E-state index in [-0.39, 0.29) is 0 Å². The van der Waals surface area contributed by atoms with Gasteiger partial charge >= 0.3 is 0 Å². The van der Waals surface area contributed by atoms with Gasteiger partial charge in [-0.15, -0.1) is 0 Å². The van der Waals surface area contributed by atoms with Crippen LogP contribution in [0.15, 0.2) is 82.4 Å². The molecule has 2 nitrogen and oxygen atoms in total. The van der Waals surface area contributed by atoms with Crippen molar-refractivity contribution in [3.8, 4) is 0 Å². The third-order valence-electron chi connectivity index (χ3n) is 4.57. The molecule has 0 N–H and O–H groups in total. The maximum Gasteiger partial charge on any atom is 0.0571 e. The van der Waals surface area contributed by atoms with E-state index in [1.165, 1.54) is 34.4 Å². The van der Waals surface area contributed by atoms with Crippen molar-refractivity contribution in [2.75, 3.05) is 26.0 Å². The van der Waals surface area contributed by atoms with E-state index >= 15 is 0 Å². The SMILES string of the molecule is CN=C1C=CC(=CC2=C/C(=C/c3ccc(N(C)C)cc3)CCC2)C=C1. The molecule has 2 aliphatic rings. The standard InChI is InChI=1S/C23H26N2/c1-24-22-11-7-18(8-12-22)15-20-5-4-6-21(17-20)16-19-9-13-23(14-10-19)25(2)3/h7-17H,4-6H2,1-3H3/b18-15?,21-16+,24-22?. The highest BCUT2D eigenvalue weighted by molar-refractivity contribution is 6.05. The number of anilines is 1. The summed E-state index contributed by atoms with van der Waals surface area (Å²) < 4.78 is 0. The zero-order valence-corrected chi connectivity index (χ0v) is 15.4. The molecule has 0 radical (unpaired) electrons. The van der Waals surface area contributed by atoms with E-state index in [1.807, 2.05) is 7.05 Å². The van der Waals surface area contributed by atoms with Crippen molar-refractivity contribution in [2.45, 2.75) is 19.3 Å². The molecule has 0 fully saturated rings. The average Bonchev–Trinajstić information content (AvgIpc) is 2.63. The van der Waals surface area contributed by atoms with Crippen LogP contribution in [0.25, 0.3) is 6.08 Å². The zero-order chi connectivity index (χ0) is 17.6. The van der Waals surface area contributed by atoms with Crippen molar-refractivity contribution in [1.29, 1.82) is 0 Å². The molecule has 1 aromatic carbocycles. The second kappa shape index (κ2) is 7.98. The molecule has 25 heavy (non-hydrogen) atoms. The number of benzene rings is 1. The first-order valence-electron chi connectivity index (χ1n) is 8.87. The molecular weight excluding hydrogens is 304 g/mol. The topological polar surface area (TPSA) is 15.6 Å². The molecule has 0 saturated carbocycles. The average molecular weight is 330 g/mol. The minimum atomic E-state index is 1.02. The van der Waals surface area contributed by atoms with Crippen molar-refractivity contribution in [3.63, 3.8) is 0 Å². The van der Waals surface area contributed by atoms with Gasteiger partial charge in [-0.05, 0) is 65.8 Å². The second-order valence-corrected chi connectivity index (χ2v) is 6.74. The van der Waals surface area contributed by atoms with Crippen LogP contribution in [0.4, 0.5) is 5.69 Å². The molecule has 0 bridgehead atoms. The van der Waals surface area contributed by atoms with Crippen LogP contribution in [-0.2, 0) is 0 Å². The van der Waals surface area contributed by atoms with Gasteiger partial charge in [-0.3, -0.25) is 4.99 Å². The molecule has 0 unspecified atom stereocenters. The lowest BCUT2D eigenvalue weighted by molar-refractivity contribution is 0.801. The Bertz CT molecular complexity index is 779. The minimum absolute atomic E-state index is 1.02. The van der Waals surface area contributed by atoms with Crippen molar-refractivity contribution in [1.82, 2.24) is 0 Å². The Labute approximate surface area is 151 Å². The molecule has 2 heteroatoms. The van der Waals surface area contributed by atoms with Gasteiger partial charge in [0, 0.05) is 26.8 Å². The molecule has 0 aliphatic heterocycles. The monoisotopic (exact) mass is 330 g/mol. The molecule has 0 heterocycles. The smallest absolute Gasteiger partial charge is 0.0571 e. The zero-order valence-electron chi connectivity index (χ0n) is 15.4. The Hall–Kier alpha value is -2.61. The Morgan fingerprint density at radius 3 is 2.28 bits per heavy atom. The predicted molar refractivity (Wildman–Crippen MR) is 110 cm³/mol. The number of aliphatic imine (C=N–C) groups is 1. The van der Waals surface area contributed by atoms with Crippen LogP contribution in [0.2, 0.25) is 0 Å². The third kappa shape index (κ3) is 4.69. The molecule has 1 aromatic rings. The van der Waals surface area contributed by atoms with Gasteiger partial charge in [-0.1, -0.05) is 42.5 Å². The minimum Gasteiger partial charge on any atom is -0.378 e. The largest absolute Gasteiger partial charge is 0.378 e. The molecule has 3 rings (SSSR count). The van der Waals surface area contributed by atoms with E-state index in [0.717, 1.165) is 18.6 Å². The van der Waals surface area contributed by atoms with Crippen molar-refractivity contribution in [2.24, 2.45) is 4.99 Å². The van der Waals surface area contributed by atoms with Crippen LogP contribution in [0.3, 0.4) is 0 Å². The number of hydrogen-bond acceptors (Lipinski definition) is 2. The molecule has 0 spiro atoms. The Kier molecular flexibility index (Phi) is 5.49. The lowest BCUT2D eigenvalue weighted by atomic mass is 9.92. The van der Waals surface area contributed by atoms with Crippen LogP contribution in [0.5, 0.6) is 0 Å². The van der Waals surface area contributed by atoms with E-state index < -0.39 is 0 Å². The third-order valence-corrected chi connectivity index (χ3v) is 4.57. The summed E-state index contributed by atoms with van der Waals surface area (Å²) in [5, 5.41) is 0. The highest BCUT2D eigenvalue weighted by atomic mass is 15.1. The summed E-state index contributed by atoms with van der Waals surface area (Å²) in [7, 11) is 5.96. The van der Waals surface area contributed by atoms with Gasteiger partial charge in [0.25, 0.3) is 0 Å². The lowest BCUT2D eigenvalue weighted by Gasteiger charge is -2.15. The van der Waals surface area contributed by atoms with E-state index in [2.05, 4.69) is 90.8 Å². The number of hydrogen-bond donors (Lipinski definition) is 0. The summed E-state index contributed by atoms with van der Waals surface area (Å²) in [5.41, 5.74) is 7.59. The first kappa shape index (κ1) is 17.2. The van der Waals surface area contributed by atoms with Crippen LogP contribution < -0.4 is 4.90 Å². The lowest BCUT2D eigenvalue weighted by Crippen LogP contribution is -2.07. The van der Waals surface area contributed by atoms with Gasteiger partial charge in [-0.2, -0.15) is 0 Å². The van der Waals surface area contributed by atoms with Gasteiger partial charge < -0.3 is 4.90 Å². The van der Waals surface area contributed by atoms with E-state index in [4.69, 9.17) is 0 Å². The van der Waals surface area contributed by atoms with Gasteiger partial charge in [0.2, 0.25) is 0 Å². The summed E-state index contributed by atoms with van der Waals surface area (Å²) in [4.78, 5) is 6.32. The van der Waals surface area contributed by atoms with E-state index in [0.29, 0.717) is 0 Å². The van der Waals surface area contributed by atoms with Gasteiger partial charge in [-0.25, -0.2) is 0 Å². The highest BCUT2D eigenvalue weighted by Gasteiger charge is 2.07. The molecule has 0 atom stereocenters. The fourth-order valence-corrected chi connectivity index (χ4v) is 3.12. The fraction of sp³-hybridized carbons (Fsp3) is 0.261. The summed E-state index contributed by atoms with van der Waals surface area (Å²) in [6.07, 6.45) is 18.9. The molecule has 0 amide bonds. The van der Waals surface area contributed by atoms with Crippen LogP contribution in [0.1, 0.15) is 24.8 Å². The first-order chi connectivity index (χ1) is 12.1. The number of rotatable bonds is 3. The maximum atomic E-state index is 4.19. The molecular formula is C23H26N2. The van der Waals surface area contributed by atoms with Crippen molar-refractivity contribution in [3.05, 3.63) is 83.0 Å². The predicted octanol–water partition coefficient (Wildman–Crippen LogP) is 5.37. The molecule has 128 valence electrons. The van der Waals surface area contributed by atoms with E-state index in [1.54, 1.807) is 0 Å². The Balaban J connectivity index is 1.77. The molecule has 0 saturated heterocycles. The fourth-order valence-electron chi connectivity index (χ4n) is 3.12. The molecule has 0 aromatic heterocycles.